The Kier molecular flexibility index (Phi) is 7.92. The van der Waals surface area contributed by atoms with Gasteiger partial charge in [-0.3, -0.25) is 19.9 Å². The summed E-state index contributed by atoms with van der Waals surface area (Å²) in [6.45, 7) is 5.54. The minimum absolute atomic E-state index is 0.0184. The van der Waals surface area contributed by atoms with Crippen molar-refractivity contribution >= 4 is 34.7 Å². The van der Waals surface area contributed by atoms with E-state index in [-0.39, 0.29) is 37.9 Å². The molecule has 8 aliphatic heterocycles. The number of fused-ring (bicyclic) bond motifs is 8. The molecule has 56 heavy (non-hydrogen) atoms. The molecular weight excluding hydrogens is 743 g/mol. The molecule has 9 heterocycles. The molecule has 3 N–H and O–H groups in total. The van der Waals surface area contributed by atoms with Crippen molar-refractivity contribution in [1.29, 1.82) is 0 Å². The normalized spacial score (nSPS) is 29.9. The molecule has 294 valence electrons. The number of aliphatic hydroxyl groups is 1. The molecule has 2 unspecified atom stereocenters. The molecule has 4 aromatic rings. The molecule has 0 radical (unpaired) electrons. The number of aryl methyl sites for hydroxylation is 1. The highest BCUT2D eigenvalue weighted by molar-refractivity contribution is 7.99. The number of esters is 2. The quantitative estimate of drug-likeness (QED) is 0.197. The number of hydrogen-bond acceptors (Lipinski definition) is 15. The van der Waals surface area contributed by atoms with E-state index < -0.39 is 46.6 Å². The molecular formula is C41H43N3O11S. The van der Waals surface area contributed by atoms with Gasteiger partial charge in [0.15, 0.2) is 28.5 Å². The molecule has 0 aliphatic carbocycles. The number of nitrogens with zero attached hydrogens (tertiary/aromatic N) is 2. The van der Waals surface area contributed by atoms with Gasteiger partial charge in [0.05, 0.1) is 31.6 Å². The molecule has 7 atom stereocenters. The maximum absolute atomic E-state index is 14.9. The first kappa shape index (κ1) is 35.7. The van der Waals surface area contributed by atoms with Gasteiger partial charge in [0, 0.05) is 71.4 Å². The number of thioether (sulfide) groups is 1. The Labute approximate surface area is 326 Å². The Bertz CT molecular complexity index is 2380. The van der Waals surface area contributed by atoms with Crippen LogP contribution in [0.25, 0.3) is 11.0 Å². The Hall–Kier alpha value is -4.67. The van der Waals surface area contributed by atoms with Gasteiger partial charge in [-0.1, -0.05) is 6.07 Å². The van der Waals surface area contributed by atoms with Gasteiger partial charge < -0.3 is 43.1 Å². The summed E-state index contributed by atoms with van der Waals surface area (Å²) in [4.78, 5) is 32.0. The standard InChI is InChI=1S/C41H43N3O11S/c1-18-11-21-13-40(48)15-43(4)30(27(21)32(46)33(18)50-6)31-37-29-28(36-35(52-17-53-36)19(2)34(29)54-20(3)45)25(44(31)40)14-51-39(47)41(16-56-37)38-23(9-10-42-41)24-12-22(49-5)7-8-26(24)55-38/h7-8,11-12,25,30-31,37,42,46,48H,9-10,13-17H2,1-6H3/t25-,30-,31+,37+,40?,41+/m0/s1. The highest BCUT2D eigenvalue weighted by Gasteiger charge is 2.64. The minimum Gasteiger partial charge on any atom is -0.504 e. The third kappa shape index (κ3) is 4.71. The summed E-state index contributed by atoms with van der Waals surface area (Å²) in [5, 5.41) is 29.0. The molecule has 14 nitrogen and oxygen atoms in total. The van der Waals surface area contributed by atoms with Gasteiger partial charge in [0.1, 0.15) is 35.2 Å². The number of benzene rings is 3. The Morgan fingerprint density at radius 1 is 1.05 bits per heavy atom. The molecule has 4 bridgehead atoms. The van der Waals surface area contributed by atoms with Crippen molar-refractivity contribution in [1.82, 2.24) is 15.1 Å². The van der Waals surface area contributed by atoms with E-state index in [9.17, 15) is 19.8 Å². The van der Waals surface area contributed by atoms with Crippen LogP contribution in [0.4, 0.5) is 0 Å². The van der Waals surface area contributed by atoms with Crippen molar-refractivity contribution in [3.63, 3.8) is 0 Å². The molecule has 8 aliphatic rings. The largest absolute Gasteiger partial charge is 0.504 e. The van der Waals surface area contributed by atoms with E-state index >= 15 is 0 Å². The van der Waals surface area contributed by atoms with Gasteiger partial charge in [0.2, 0.25) is 6.79 Å². The lowest BCUT2D eigenvalue weighted by Gasteiger charge is -2.60. The van der Waals surface area contributed by atoms with Crippen LogP contribution < -0.4 is 29.0 Å². The summed E-state index contributed by atoms with van der Waals surface area (Å²) in [5.74, 6) is 1.93. The second kappa shape index (κ2) is 12.4. The number of hydrogen-bond donors (Lipinski definition) is 3. The van der Waals surface area contributed by atoms with Gasteiger partial charge in [0.25, 0.3) is 0 Å². The number of furan rings is 1. The lowest BCUT2D eigenvalue weighted by Crippen LogP contribution is -2.70. The van der Waals surface area contributed by atoms with Crippen LogP contribution >= 0.6 is 11.8 Å². The van der Waals surface area contributed by atoms with Crippen molar-refractivity contribution in [2.45, 2.75) is 68.3 Å². The van der Waals surface area contributed by atoms with E-state index in [1.807, 2.05) is 45.2 Å². The van der Waals surface area contributed by atoms with Crippen LogP contribution in [0.15, 0.2) is 28.7 Å². The number of carbonyl (C=O) groups is 2. The van der Waals surface area contributed by atoms with Gasteiger partial charge in [-0.2, -0.15) is 0 Å². The number of likely N-dealkylation sites (N-methyl/N-ethyl adjacent to an activating group) is 1. The van der Waals surface area contributed by atoms with Crippen LogP contribution in [-0.2, 0) is 32.7 Å². The highest BCUT2D eigenvalue weighted by Crippen LogP contribution is 2.65. The first-order valence-electron chi connectivity index (χ1n) is 18.8. The Balaban J connectivity index is 1.24. The summed E-state index contributed by atoms with van der Waals surface area (Å²) >= 11 is 1.49. The lowest BCUT2D eigenvalue weighted by molar-refractivity contribution is -0.215. The number of rotatable bonds is 3. The average molecular weight is 786 g/mol. The van der Waals surface area contributed by atoms with Crippen LogP contribution in [-0.4, -0.2) is 97.2 Å². The third-order valence-corrected chi connectivity index (χ3v) is 14.1. The summed E-state index contributed by atoms with van der Waals surface area (Å²) in [5.41, 5.74) is 2.76. The first-order valence-corrected chi connectivity index (χ1v) is 19.8. The number of nitrogens with one attached hydrogen (secondary N) is 1. The topological polar surface area (TPSA) is 162 Å². The summed E-state index contributed by atoms with van der Waals surface area (Å²) < 4.78 is 42.8. The number of methoxy groups -OCH3 is 2. The van der Waals surface area contributed by atoms with E-state index in [1.54, 1.807) is 7.11 Å². The number of ether oxygens (including phenoxy) is 6. The van der Waals surface area contributed by atoms with Crippen LogP contribution in [0.3, 0.4) is 0 Å². The molecule has 1 aromatic heterocycles. The molecule has 0 saturated carbocycles. The number of phenols is 1. The van der Waals surface area contributed by atoms with Crippen LogP contribution in [0.1, 0.15) is 69.0 Å². The van der Waals surface area contributed by atoms with Crippen molar-refractivity contribution < 1.29 is 52.6 Å². The fourth-order valence-electron chi connectivity index (χ4n) is 10.5. The summed E-state index contributed by atoms with van der Waals surface area (Å²) in [6.07, 6.45) is 0.797. The van der Waals surface area contributed by atoms with Crippen LogP contribution in [0.2, 0.25) is 0 Å². The van der Waals surface area contributed by atoms with Crippen molar-refractivity contribution in [3.05, 3.63) is 69.0 Å². The molecule has 3 aromatic carbocycles. The summed E-state index contributed by atoms with van der Waals surface area (Å²) in [6, 6.07) is 5.74. The number of piperazine rings is 1. The lowest BCUT2D eigenvalue weighted by atomic mass is 9.78. The fraction of sp³-hybridized carbons (Fsp3) is 0.463. The van der Waals surface area contributed by atoms with E-state index in [4.69, 9.17) is 32.8 Å². The van der Waals surface area contributed by atoms with Crippen molar-refractivity contribution in [3.8, 4) is 34.5 Å². The van der Waals surface area contributed by atoms with Gasteiger partial charge in [-0.25, -0.2) is 4.79 Å². The fourth-order valence-corrected chi connectivity index (χ4v) is 12.2. The van der Waals surface area contributed by atoms with E-state index in [2.05, 4.69) is 15.1 Å². The average Bonchev–Trinajstić information content (AvgIpc) is 3.76. The molecule has 1 spiro atoms. The molecule has 2 fully saturated rings. The number of aromatic hydroxyl groups is 1. The maximum atomic E-state index is 14.9. The van der Waals surface area contributed by atoms with Gasteiger partial charge in [-0.05, 0) is 56.6 Å². The van der Waals surface area contributed by atoms with Crippen molar-refractivity contribution in [2.75, 3.05) is 53.5 Å². The second-order valence-electron chi connectivity index (χ2n) is 15.7. The highest BCUT2D eigenvalue weighted by atomic mass is 32.2. The smallest absolute Gasteiger partial charge is 0.335 e. The molecule has 15 heteroatoms. The number of phenolic OH excluding ortho intramolecular Hbond substituents is 1. The van der Waals surface area contributed by atoms with E-state index in [0.29, 0.717) is 75.3 Å². The Morgan fingerprint density at radius 2 is 1.86 bits per heavy atom. The van der Waals surface area contributed by atoms with Crippen LogP contribution in [0.5, 0.6) is 34.5 Å². The number of carbonyl (C=O) groups excluding carboxylic acids is 2. The van der Waals surface area contributed by atoms with Crippen molar-refractivity contribution in [2.24, 2.45) is 0 Å². The van der Waals surface area contributed by atoms with Gasteiger partial charge in [-0.15, -0.1) is 11.8 Å². The Morgan fingerprint density at radius 3 is 2.62 bits per heavy atom. The van der Waals surface area contributed by atoms with E-state index in [1.165, 1.54) is 25.8 Å². The zero-order chi connectivity index (χ0) is 39.0. The van der Waals surface area contributed by atoms with E-state index in [0.717, 1.165) is 22.1 Å². The SMILES string of the molecule is COc1ccc2oc3c(c2c1)CCN[C@]31CS[C@@H]2c3c(OC(C)=O)c(C)c4c(c3[C@H](COC1=O)N1[C@@H]2[C@@H]2c3c(cc(C)c(OC)c3O)CC1(O)CN2C)OCO4. The second-order valence-corrected chi connectivity index (χ2v) is 16.8. The predicted molar refractivity (Wildman–Crippen MR) is 203 cm³/mol. The monoisotopic (exact) mass is 785 g/mol. The molecule has 12 rings (SSSR count). The zero-order valence-electron chi connectivity index (χ0n) is 31.9. The van der Waals surface area contributed by atoms with Crippen LogP contribution in [0, 0.1) is 13.8 Å². The molecule has 0 amide bonds. The summed E-state index contributed by atoms with van der Waals surface area (Å²) in [7, 11) is 5.10. The predicted octanol–water partition coefficient (Wildman–Crippen LogP) is 4.46. The van der Waals surface area contributed by atoms with Gasteiger partial charge >= 0.3 is 11.9 Å². The molecule has 2 saturated heterocycles. The first-order chi connectivity index (χ1) is 26.9. The minimum atomic E-state index is -1.51. The maximum Gasteiger partial charge on any atom is 0.335 e. The third-order valence-electron chi connectivity index (χ3n) is 12.6. The zero-order valence-corrected chi connectivity index (χ0v) is 32.8.